The van der Waals surface area contributed by atoms with E-state index in [9.17, 15) is 0 Å². The third kappa shape index (κ3) is 7.56. The number of benzene rings is 6. The molecule has 2 unspecified atom stereocenters. The van der Waals surface area contributed by atoms with Gasteiger partial charge in [-0.1, -0.05) is 159 Å². The van der Waals surface area contributed by atoms with Gasteiger partial charge in [0.05, 0.1) is 6.61 Å². The summed E-state index contributed by atoms with van der Waals surface area (Å²) < 4.78 is 19.5. The zero-order chi connectivity index (χ0) is 31.6. The summed E-state index contributed by atoms with van der Waals surface area (Å²) in [4.78, 5) is 0. The van der Waals surface area contributed by atoms with Gasteiger partial charge in [0.15, 0.2) is 0 Å². The van der Waals surface area contributed by atoms with Crippen LogP contribution < -0.4 is 9.47 Å². The van der Waals surface area contributed by atoms with Crippen LogP contribution in [0.3, 0.4) is 0 Å². The standard InChI is InChI=1S/C43H40O3/c1-3-32(2)33-26-28-39(29-27-33)46-43(38-24-22-35(23-25-38)34-14-7-4-8-15-34)45-31-30-44-42-40(36-16-9-5-10-17-36)20-13-21-41(42)37-18-11-6-12-19-37/h4-29,32,43H,3,30-31H2,1-2H3. The summed E-state index contributed by atoms with van der Waals surface area (Å²) in [5, 5.41) is 0. The maximum Gasteiger partial charge on any atom is 0.226 e. The molecule has 6 aromatic rings. The lowest BCUT2D eigenvalue weighted by molar-refractivity contribution is -0.0902. The number of hydrogen-bond donors (Lipinski definition) is 0. The van der Waals surface area contributed by atoms with E-state index in [0.717, 1.165) is 51.3 Å². The molecule has 3 heteroatoms. The first-order chi connectivity index (χ1) is 22.7. The van der Waals surface area contributed by atoms with Crippen molar-refractivity contribution in [2.45, 2.75) is 32.5 Å². The van der Waals surface area contributed by atoms with Crippen molar-refractivity contribution >= 4 is 0 Å². The van der Waals surface area contributed by atoms with Gasteiger partial charge in [-0.15, -0.1) is 0 Å². The Balaban J connectivity index is 1.22. The first-order valence-electron chi connectivity index (χ1n) is 16.1. The number of rotatable bonds is 13. The number of hydrogen-bond acceptors (Lipinski definition) is 3. The molecule has 6 rings (SSSR count). The Kier molecular flexibility index (Phi) is 10.2. The normalized spacial score (nSPS) is 12.3. The Morgan fingerprint density at radius 3 is 1.52 bits per heavy atom. The van der Waals surface area contributed by atoms with Crippen molar-refractivity contribution in [2.24, 2.45) is 0 Å². The van der Waals surface area contributed by atoms with Crippen LogP contribution in [0.25, 0.3) is 33.4 Å². The molecular weight excluding hydrogens is 564 g/mol. The monoisotopic (exact) mass is 604 g/mol. The van der Waals surface area contributed by atoms with E-state index in [1.807, 2.05) is 30.3 Å². The first-order valence-corrected chi connectivity index (χ1v) is 16.1. The summed E-state index contributed by atoms with van der Waals surface area (Å²) in [5.74, 6) is 2.11. The molecule has 0 amide bonds. The topological polar surface area (TPSA) is 27.7 Å². The van der Waals surface area contributed by atoms with Gasteiger partial charge < -0.3 is 14.2 Å². The summed E-state index contributed by atoms with van der Waals surface area (Å²) in [6.07, 6.45) is 0.500. The molecule has 0 spiro atoms. The van der Waals surface area contributed by atoms with E-state index in [4.69, 9.17) is 14.2 Å². The predicted molar refractivity (Wildman–Crippen MR) is 189 cm³/mol. The summed E-state index contributed by atoms with van der Waals surface area (Å²) in [6.45, 7) is 5.16. The van der Waals surface area contributed by atoms with Crippen molar-refractivity contribution in [3.63, 3.8) is 0 Å². The van der Waals surface area contributed by atoms with E-state index < -0.39 is 6.29 Å². The van der Waals surface area contributed by atoms with Crippen LogP contribution >= 0.6 is 0 Å². The van der Waals surface area contributed by atoms with Crippen LogP contribution in [0.1, 0.15) is 43.6 Å². The fraction of sp³-hybridized carbons (Fsp3) is 0.163. The molecule has 0 radical (unpaired) electrons. The van der Waals surface area contributed by atoms with Crippen LogP contribution in [-0.2, 0) is 4.74 Å². The van der Waals surface area contributed by atoms with Gasteiger partial charge in [-0.25, -0.2) is 0 Å². The molecule has 0 fully saturated rings. The molecule has 2 atom stereocenters. The smallest absolute Gasteiger partial charge is 0.226 e. The second-order valence-corrected chi connectivity index (χ2v) is 11.4. The van der Waals surface area contributed by atoms with Gasteiger partial charge in [0, 0.05) is 16.7 Å². The highest BCUT2D eigenvalue weighted by Gasteiger charge is 2.17. The van der Waals surface area contributed by atoms with Crippen molar-refractivity contribution in [3.8, 4) is 44.9 Å². The van der Waals surface area contributed by atoms with Crippen molar-refractivity contribution in [1.82, 2.24) is 0 Å². The first kappa shape index (κ1) is 30.9. The van der Waals surface area contributed by atoms with Gasteiger partial charge in [-0.05, 0) is 52.3 Å². The van der Waals surface area contributed by atoms with Crippen molar-refractivity contribution in [2.75, 3.05) is 13.2 Å². The minimum Gasteiger partial charge on any atom is -0.490 e. The Labute approximate surface area is 273 Å². The lowest BCUT2D eigenvalue weighted by Crippen LogP contribution is -2.16. The second kappa shape index (κ2) is 15.2. The van der Waals surface area contributed by atoms with Crippen molar-refractivity contribution < 1.29 is 14.2 Å². The molecule has 230 valence electrons. The van der Waals surface area contributed by atoms with Gasteiger partial charge in [0.2, 0.25) is 6.29 Å². The van der Waals surface area contributed by atoms with Crippen LogP contribution in [0.15, 0.2) is 158 Å². The largest absolute Gasteiger partial charge is 0.490 e. The van der Waals surface area contributed by atoms with E-state index in [1.165, 1.54) is 11.1 Å². The average molecular weight is 605 g/mol. The molecule has 0 aromatic heterocycles. The molecule has 0 saturated heterocycles. The van der Waals surface area contributed by atoms with Crippen molar-refractivity contribution in [3.05, 3.63) is 169 Å². The highest BCUT2D eigenvalue weighted by Crippen LogP contribution is 2.39. The molecule has 0 aliphatic carbocycles. The van der Waals surface area contributed by atoms with E-state index in [0.29, 0.717) is 19.1 Å². The van der Waals surface area contributed by atoms with Crippen LogP contribution in [0.2, 0.25) is 0 Å². The van der Waals surface area contributed by atoms with E-state index >= 15 is 0 Å². The number of para-hydroxylation sites is 1. The predicted octanol–water partition coefficient (Wildman–Crippen LogP) is 11.4. The molecule has 0 aliphatic heterocycles. The highest BCUT2D eigenvalue weighted by atomic mass is 16.7. The zero-order valence-corrected chi connectivity index (χ0v) is 26.5. The summed E-state index contributed by atoms with van der Waals surface area (Å²) in [5.41, 5.74) is 8.89. The molecule has 0 heterocycles. The molecule has 0 saturated carbocycles. The molecule has 6 aromatic carbocycles. The third-order valence-corrected chi connectivity index (χ3v) is 8.38. The Morgan fingerprint density at radius 2 is 0.978 bits per heavy atom. The lowest BCUT2D eigenvalue weighted by atomic mass is 9.97. The molecule has 0 N–H and O–H groups in total. The Bertz CT molecular complexity index is 1720. The molecule has 3 nitrogen and oxygen atoms in total. The Hall–Kier alpha value is -5.12. The fourth-order valence-corrected chi connectivity index (χ4v) is 5.58. The van der Waals surface area contributed by atoms with Gasteiger partial charge in [0.1, 0.15) is 18.1 Å². The molecular formula is C43H40O3. The summed E-state index contributed by atoms with van der Waals surface area (Å²) in [7, 11) is 0. The van der Waals surface area contributed by atoms with Gasteiger partial charge in [-0.3, -0.25) is 0 Å². The molecule has 0 aliphatic rings. The minimum atomic E-state index is -0.596. The SMILES string of the molecule is CCC(C)c1ccc(OC(OCCOc2c(-c3ccccc3)cccc2-c2ccccc2)c2ccc(-c3ccccc3)cc2)cc1. The third-order valence-electron chi connectivity index (χ3n) is 8.38. The maximum atomic E-state index is 6.56. The molecule has 46 heavy (non-hydrogen) atoms. The van der Waals surface area contributed by atoms with Gasteiger partial charge in [0.25, 0.3) is 0 Å². The fourth-order valence-electron chi connectivity index (χ4n) is 5.58. The minimum absolute atomic E-state index is 0.341. The van der Waals surface area contributed by atoms with E-state index in [1.54, 1.807) is 0 Å². The number of ether oxygens (including phenoxy) is 3. The van der Waals surface area contributed by atoms with Crippen molar-refractivity contribution in [1.29, 1.82) is 0 Å². The molecule has 0 bridgehead atoms. The Morgan fingerprint density at radius 1 is 0.478 bits per heavy atom. The van der Waals surface area contributed by atoms with Crippen LogP contribution in [0.4, 0.5) is 0 Å². The summed E-state index contributed by atoms with van der Waals surface area (Å²) >= 11 is 0. The van der Waals surface area contributed by atoms with Gasteiger partial charge in [-0.2, -0.15) is 0 Å². The van der Waals surface area contributed by atoms with Crippen LogP contribution in [-0.4, -0.2) is 13.2 Å². The van der Waals surface area contributed by atoms with Crippen LogP contribution in [0.5, 0.6) is 11.5 Å². The highest BCUT2D eigenvalue weighted by molar-refractivity contribution is 5.82. The maximum absolute atomic E-state index is 6.56. The van der Waals surface area contributed by atoms with E-state index in [2.05, 4.69) is 141 Å². The zero-order valence-electron chi connectivity index (χ0n) is 26.5. The van der Waals surface area contributed by atoms with Gasteiger partial charge >= 0.3 is 0 Å². The van der Waals surface area contributed by atoms with Crippen LogP contribution in [0, 0.1) is 0 Å². The average Bonchev–Trinajstić information content (AvgIpc) is 3.14. The summed E-state index contributed by atoms with van der Waals surface area (Å²) in [6, 6.07) is 54.2. The quantitative estimate of drug-likeness (QED) is 0.0969. The second-order valence-electron chi connectivity index (χ2n) is 11.4. The lowest BCUT2D eigenvalue weighted by Gasteiger charge is -2.22. The van der Waals surface area contributed by atoms with E-state index in [-0.39, 0.29) is 0 Å².